The van der Waals surface area contributed by atoms with Crippen molar-refractivity contribution in [1.82, 2.24) is 0 Å². The molecule has 1 aliphatic heterocycles. The minimum atomic E-state index is -1.13. The highest BCUT2D eigenvalue weighted by molar-refractivity contribution is 6.46. The van der Waals surface area contributed by atoms with E-state index >= 15 is 0 Å². The molecule has 0 saturated heterocycles. The van der Waals surface area contributed by atoms with Crippen LogP contribution in [0.3, 0.4) is 0 Å². The van der Waals surface area contributed by atoms with E-state index in [9.17, 15) is 9.82 Å². The Hall–Kier alpha value is -1.53. The third kappa shape index (κ3) is 2.83. The van der Waals surface area contributed by atoms with Gasteiger partial charge in [0, 0.05) is 13.5 Å². The topological polar surface area (TPSA) is 76.0 Å². The van der Waals surface area contributed by atoms with Crippen molar-refractivity contribution in [3.63, 3.8) is 0 Å². The van der Waals surface area contributed by atoms with E-state index in [4.69, 9.17) is 14.5 Å². The van der Waals surface area contributed by atoms with Gasteiger partial charge >= 0.3 is 13.1 Å². The van der Waals surface area contributed by atoms with Crippen LogP contribution in [0.15, 0.2) is 18.2 Å². The lowest BCUT2D eigenvalue weighted by atomic mass is 9.74. The number of aromatic carboxylic acids is 1. The summed E-state index contributed by atoms with van der Waals surface area (Å²) < 4.78 is 10.2. The van der Waals surface area contributed by atoms with E-state index in [0.29, 0.717) is 6.42 Å². The van der Waals surface area contributed by atoms with E-state index in [1.54, 1.807) is 12.1 Å². The number of carboxylic acids is 1. The number of carbonyl (C=O) groups is 1. The molecule has 1 atom stereocenters. The number of rotatable bonds is 2. The Morgan fingerprint density at radius 1 is 1.50 bits per heavy atom. The molecule has 98 valence electrons. The molecule has 0 spiro atoms. The monoisotopic (exact) mass is 252 g/mol. The highest BCUT2D eigenvalue weighted by Crippen LogP contribution is 2.30. The van der Waals surface area contributed by atoms with Crippen molar-refractivity contribution in [2.24, 2.45) is 0 Å². The number of hydrogen-bond acceptors (Lipinski definition) is 4. The zero-order chi connectivity index (χ0) is 13.7. The maximum atomic E-state index is 10.9. The van der Waals surface area contributed by atoms with Crippen molar-refractivity contribution in [3.8, 4) is 5.75 Å². The Bertz CT molecular complexity index is 421. The number of hydrogen-bond donors (Lipinski definition) is 2. The van der Waals surface area contributed by atoms with Gasteiger partial charge < -0.3 is 19.5 Å². The molecule has 0 saturated carbocycles. The summed E-state index contributed by atoms with van der Waals surface area (Å²) in [6.07, 6.45) is 0.439. The summed E-state index contributed by atoms with van der Waals surface area (Å²) in [4.78, 5) is 10.9. The van der Waals surface area contributed by atoms with Gasteiger partial charge in [-0.3, -0.25) is 0 Å². The van der Waals surface area contributed by atoms with Gasteiger partial charge in [-0.05, 0) is 11.6 Å². The van der Waals surface area contributed by atoms with Crippen molar-refractivity contribution in [2.75, 3.05) is 7.11 Å². The van der Waals surface area contributed by atoms with Gasteiger partial charge in [0.05, 0.1) is 5.56 Å². The molecule has 5 nitrogen and oxygen atoms in total. The Morgan fingerprint density at radius 2 is 2.17 bits per heavy atom. The van der Waals surface area contributed by atoms with Crippen LogP contribution in [0.2, 0.25) is 0 Å². The zero-order valence-corrected chi connectivity index (χ0v) is 10.7. The summed E-state index contributed by atoms with van der Waals surface area (Å²) in [6.45, 7) is 4.00. The predicted octanol–water partition coefficient (Wildman–Crippen LogP) is 1.38. The van der Waals surface area contributed by atoms with Gasteiger partial charge in [-0.1, -0.05) is 26.0 Å². The number of methoxy groups -OCH3 is 1. The summed E-state index contributed by atoms with van der Waals surface area (Å²) in [7, 11) is 0.349. The maximum Gasteiger partial charge on any atom is 0.554 e. The van der Waals surface area contributed by atoms with E-state index in [0.717, 1.165) is 5.56 Å². The minimum Gasteiger partial charge on any atom is -0.534 e. The van der Waals surface area contributed by atoms with Gasteiger partial charge in [-0.25, -0.2) is 4.79 Å². The molecule has 0 amide bonds. The largest absolute Gasteiger partial charge is 0.554 e. The number of benzene rings is 1. The SMILES string of the molecule is CC.COC1Cc2cccc(C(=O)O)c2OB1O. The van der Waals surface area contributed by atoms with E-state index < -0.39 is 19.1 Å². The summed E-state index contributed by atoms with van der Waals surface area (Å²) in [5.41, 5.74) is 0.795. The molecular weight excluding hydrogens is 235 g/mol. The number of para-hydroxylation sites is 1. The first-order valence-corrected chi connectivity index (χ1v) is 5.86. The molecule has 1 aromatic carbocycles. The van der Waals surface area contributed by atoms with Crippen molar-refractivity contribution in [3.05, 3.63) is 29.3 Å². The smallest absolute Gasteiger partial charge is 0.534 e. The first-order chi connectivity index (χ1) is 8.63. The highest BCUT2D eigenvalue weighted by Gasteiger charge is 2.36. The summed E-state index contributed by atoms with van der Waals surface area (Å²) in [6, 6.07) is 4.40. The lowest BCUT2D eigenvalue weighted by molar-refractivity contribution is 0.0692. The second-order valence-electron chi connectivity index (χ2n) is 3.59. The van der Waals surface area contributed by atoms with Crippen LogP contribution in [0.4, 0.5) is 0 Å². The lowest BCUT2D eigenvalue weighted by Crippen LogP contribution is -2.43. The molecule has 0 fully saturated rings. The van der Waals surface area contributed by atoms with Crippen LogP contribution < -0.4 is 4.65 Å². The van der Waals surface area contributed by atoms with Crippen LogP contribution in [0.1, 0.15) is 29.8 Å². The molecule has 1 heterocycles. The molecule has 2 N–H and O–H groups in total. The van der Waals surface area contributed by atoms with E-state index in [2.05, 4.69) is 0 Å². The van der Waals surface area contributed by atoms with Crippen LogP contribution in [0, 0.1) is 0 Å². The fraction of sp³-hybridized carbons (Fsp3) is 0.417. The number of ether oxygens (including phenoxy) is 1. The summed E-state index contributed by atoms with van der Waals surface area (Å²) >= 11 is 0. The van der Waals surface area contributed by atoms with Crippen LogP contribution in [0.25, 0.3) is 0 Å². The van der Waals surface area contributed by atoms with E-state index in [1.165, 1.54) is 13.2 Å². The van der Waals surface area contributed by atoms with Gasteiger partial charge in [0.25, 0.3) is 0 Å². The molecule has 2 rings (SSSR count). The van der Waals surface area contributed by atoms with Crippen molar-refractivity contribution in [2.45, 2.75) is 26.3 Å². The quantitative estimate of drug-likeness (QED) is 0.777. The molecule has 1 unspecified atom stereocenters. The fourth-order valence-electron chi connectivity index (χ4n) is 1.77. The van der Waals surface area contributed by atoms with Crippen LogP contribution in [-0.2, 0) is 11.2 Å². The number of carboxylic acid groups (broad SMARTS) is 1. The molecule has 0 aromatic heterocycles. The fourth-order valence-corrected chi connectivity index (χ4v) is 1.77. The van der Waals surface area contributed by atoms with Crippen molar-refractivity contribution >= 4 is 13.1 Å². The van der Waals surface area contributed by atoms with Crippen LogP contribution in [-0.4, -0.2) is 36.3 Å². The minimum absolute atomic E-state index is 0.0612. The van der Waals surface area contributed by atoms with Crippen molar-refractivity contribution in [1.29, 1.82) is 0 Å². The summed E-state index contributed by atoms with van der Waals surface area (Å²) in [5.74, 6) is -0.837. The Balaban J connectivity index is 0.000000771. The normalized spacial score (nSPS) is 17.1. The highest BCUT2D eigenvalue weighted by atomic mass is 16.6. The Kier molecular flexibility index (Phi) is 5.18. The molecule has 1 aromatic rings. The standard InChI is InChI=1S/C10H11BO5.C2H6/c1-15-8-5-6-3-2-4-7(10(12)13)9(6)16-11(8)14;1-2/h2-4,8,14H,5H2,1H3,(H,12,13);1-2H3. The number of fused-ring (bicyclic) bond motifs is 1. The Morgan fingerprint density at radius 3 is 2.72 bits per heavy atom. The first-order valence-electron chi connectivity index (χ1n) is 5.86. The summed E-state index contributed by atoms with van der Waals surface area (Å²) in [5, 5.41) is 18.5. The second kappa shape index (κ2) is 6.42. The molecule has 1 aliphatic rings. The van der Waals surface area contributed by atoms with Crippen LogP contribution >= 0.6 is 0 Å². The predicted molar refractivity (Wildman–Crippen MR) is 67.9 cm³/mol. The van der Waals surface area contributed by atoms with Gasteiger partial charge in [0.2, 0.25) is 0 Å². The third-order valence-electron chi connectivity index (χ3n) is 2.61. The maximum absolute atomic E-state index is 10.9. The van der Waals surface area contributed by atoms with E-state index in [1.807, 2.05) is 13.8 Å². The molecule has 0 bridgehead atoms. The average molecular weight is 252 g/mol. The van der Waals surface area contributed by atoms with Crippen LogP contribution in [0.5, 0.6) is 5.75 Å². The molecule has 0 aliphatic carbocycles. The van der Waals surface area contributed by atoms with Gasteiger partial charge in [0.1, 0.15) is 11.8 Å². The zero-order valence-electron chi connectivity index (χ0n) is 10.7. The average Bonchev–Trinajstić information content (AvgIpc) is 2.39. The molecule has 0 radical (unpaired) electrons. The van der Waals surface area contributed by atoms with Gasteiger partial charge in [-0.2, -0.15) is 0 Å². The Labute approximate surface area is 106 Å². The third-order valence-corrected chi connectivity index (χ3v) is 2.61. The molecule has 18 heavy (non-hydrogen) atoms. The van der Waals surface area contributed by atoms with Gasteiger partial charge in [-0.15, -0.1) is 0 Å². The molecular formula is C12H17BO5. The van der Waals surface area contributed by atoms with Crippen molar-refractivity contribution < 1.29 is 24.3 Å². The second-order valence-corrected chi connectivity index (χ2v) is 3.59. The lowest BCUT2D eigenvalue weighted by Gasteiger charge is -2.27. The molecule has 6 heteroatoms. The van der Waals surface area contributed by atoms with Gasteiger partial charge in [0.15, 0.2) is 0 Å². The van der Waals surface area contributed by atoms with E-state index in [-0.39, 0.29) is 11.3 Å². The first kappa shape index (κ1) is 14.5.